The fourth-order valence-electron chi connectivity index (χ4n) is 0.905. The molecule has 0 aromatic heterocycles. The minimum absolute atomic E-state index is 0.173. The average molecular weight is 253 g/mol. The molecule has 0 N–H and O–H groups in total. The Hall–Kier alpha value is 0.427. The zero-order chi connectivity index (χ0) is 12.1. The molecule has 0 aliphatic heterocycles. The summed E-state index contributed by atoms with van der Waals surface area (Å²) in [5.41, 5.74) is -0.173. The van der Waals surface area contributed by atoms with E-state index in [2.05, 4.69) is 33.9 Å². The quantitative estimate of drug-likeness (QED) is 0.404. The van der Waals surface area contributed by atoms with Crippen LogP contribution >= 0.6 is 11.6 Å². The van der Waals surface area contributed by atoms with E-state index in [-0.39, 0.29) is 10.6 Å². The van der Waals surface area contributed by atoms with Gasteiger partial charge in [0.2, 0.25) is 0 Å². The van der Waals surface area contributed by atoms with Gasteiger partial charge < -0.3 is 9.16 Å². The highest BCUT2D eigenvalue weighted by Gasteiger charge is 2.36. The molecule has 0 heterocycles. The Balaban J connectivity index is 3.77. The van der Waals surface area contributed by atoms with Gasteiger partial charge in [-0.1, -0.05) is 32.4 Å². The van der Waals surface area contributed by atoms with Gasteiger partial charge in [0.1, 0.15) is 5.56 Å². The molecule has 0 saturated carbocycles. The summed E-state index contributed by atoms with van der Waals surface area (Å²) in [6.07, 6.45) is 1.82. The fraction of sp³-hybridized carbons (Fsp3) is 1.00. The van der Waals surface area contributed by atoms with Crippen LogP contribution in [0.3, 0.4) is 0 Å². The molecule has 2 nitrogen and oxygen atoms in total. The summed E-state index contributed by atoms with van der Waals surface area (Å²) in [5.74, 6) is 0. The van der Waals surface area contributed by atoms with Gasteiger partial charge in [-0.05, 0) is 31.0 Å². The fourth-order valence-corrected chi connectivity index (χ4v) is 2.15. The Kier molecular flexibility index (Phi) is 6.41. The summed E-state index contributed by atoms with van der Waals surface area (Å²) in [7, 11) is 0.0603. The van der Waals surface area contributed by atoms with Crippen LogP contribution in [-0.4, -0.2) is 27.6 Å². The van der Waals surface area contributed by atoms with Crippen molar-refractivity contribution in [1.82, 2.24) is 0 Å². The van der Waals surface area contributed by atoms with E-state index in [0.717, 1.165) is 19.4 Å². The van der Waals surface area contributed by atoms with Crippen LogP contribution in [0.25, 0.3) is 0 Å². The maximum Gasteiger partial charge on any atom is 0.191 e. The first kappa shape index (κ1) is 15.4. The lowest BCUT2D eigenvalue weighted by molar-refractivity contribution is 0.150. The van der Waals surface area contributed by atoms with Crippen molar-refractivity contribution in [2.45, 2.75) is 57.3 Å². The molecule has 92 valence electrons. The standard InChI is InChI=1S/C11H25ClO2Si/c1-11(2,3)15(5,6)14-9-7-8-10(12)13-4/h10H,7-9H2,1-6H3/t10-/m0/s1. The number of halogens is 1. The van der Waals surface area contributed by atoms with Crippen LogP contribution < -0.4 is 0 Å². The van der Waals surface area contributed by atoms with Gasteiger partial charge in [-0.3, -0.25) is 0 Å². The number of methoxy groups -OCH3 is 1. The van der Waals surface area contributed by atoms with Gasteiger partial charge >= 0.3 is 0 Å². The molecule has 0 rings (SSSR count). The predicted molar refractivity (Wildman–Crippen MR) is 69.0 cm³/mol. The minimum atomic E-state index is -1.57. The summed E-state index contributed by atoms with van der Waals surface area (Å²) >= 11 is 5.84. The third-order valence-electron chi connectivity index (χ3n) is 3.10. The summed E-state index contributed by atoms with van der Waals surface area (Å²) in [6.45, 7) is 12.1. The zero-order valence-corrected chi connectivity index (χ0v) is 12.6. The van der Waals surface area contributed by atoms with E-state index < -0.39 is 8.32 Å². The molecule has 0 aromatic carbocycles. The minimum Gasteiger partial charge on any atom is -0.417 e. The van der Waals surface area contributed by atoms with Gasteiger partial charge in [-0.15, -0.1) is 0 Å². The molecular weight excluding hydrogens is 228 g/mol. The van der Waals surface area contributed by atoms with Gasteiger partial charge in [-0.2, -0.15) is 0 Å². The molecule has 0 fully saturated rings. The number of rotatable bonds is 6. The third-order valence-corrected chi connectivity index (χ3v) is 8.03. The van der Waals surface area contributed by atoms with E-state index in [1.54, 1.807) is 7.11 Å². The van der Waals surface area contributed by atoms with Crippen LogP contribution in [0.4, 0.5) is 0 Å². The van der Waals surface area contributed by atoms with Crippen LogP contribution in [0.5, 0.6) is 0 Å². The summed E-state index contributed by atoms with van der Waals surface area (Å²) in [6, 6.07) is 0. The first-order chi connectivity index (χ1) is 6.70. The third kappa shape index (κ3) is 5.90. The van der Waals surface area contributed by atoms with E-state index in [0.29, 0.717) is 0 Å². The van der Waals surface area contributed by atoms with E-state index in [1.165, 1.54) is 0 Å². The van der Waals surface area contributed by atoms with E-state index in [4.69, 9.17) is 20.8 Å². The topological polar surface area (TPSA) is 18.5 Å². The zero-order valence-electron chi connectivity index (χ0n) is 10.9. The second kappa shape index (κ2) is 6.23. The van der Waals surface area contributed by atoms with Crippen molar-refractivity contribution in [1.29, 1.82) is 0 Å². The van der Waals surface area contributed by atoms with Crippen molar-refractivity contribution in [3.63, 3.8) is 0 Å². The Morgan fingerprint density at radius 2 is 1.80 bits per heavy atom. The maximum absolute atomic E-state index is 6.01. The molecule has 15 heavy (non-hydrogen) atoms. The number of hydrogen-bond acceptors (Lipinski definition) is 2. The van der Waals surface area contributed by atoms with Crippen molar-refractivity contribution >= 4 is 19.9 Å². The van der Waals surface area contributed by atoms with E-state index in [9.17, 15) is 0 Å². The van der Waals surface area contributed by atoms with Crippen molar-refractivity contribution in [2.24, 2.45) is 0 Å². The van der Waals surface area contributed by atoms with Crippen molar-refractivity contribution < 1.29 is 9.16 Å². The van der Waals surface area contributed by atoms with Crippen LogP contribution in [0.2, 0.25) is 18.1 Å². The van der Waals surface area contributed by atoms with Crippen molar-refractivity contribution in [3.05, 3.63) is 0 Å². The summed E-state index contributed by atoms with van der Waals surface area (Å²) in [5, 5.41) is 0.286. The molecule has 0 amide bonds. The van der Waals surface area contributed by atoms with Gasteiger partial charge in [0.05, 0.1) is 0 Å². The molecule has 0 aliphatic carbocycles. The normalized spacial score (nSPS) is 15.4. The molecule has 0 unspecified atom stereocenters. The van der Waals surface area contributed by atoms with Crippen molar-refractivity contribution in [2.75, 3.05) is 13.7 Å². The second-order valence-electron chi connectivity index (χ2n) is 5.40. The summed E-state index contributed by atoms with van der Waals surface area (Å²) < 4.78 is 11.0. The lowest BCUT2D eigenvalue weighted by Gasteiger charge is -2.36. The van der Waals surface area contributed by atoms with Crippen molar-refractivity contribution in [3.8, 4) is 0 Å². The van der Waals surface area contributed by atoms with Crippen LogP contribution in [0.15, 0.2) is 0 Å². The molecule has 0 aliphatic rings. The van der Waals surface area contributed by atoms with Crippen LogP contribution in [0, 0.1) is 0 Å². The highest BCUT2D eigenvalue weighted by molar-refractivity contribution is 6.74. The lowest BCUT2D eigenvalue weighted by Crippen LogP contribution is -2.41. The molecular formula is C11H25ClO2Si. The Morgan fingerprint density at radius 1 is 1.27 bits per heavy atom. The Morgan fingerprint density at radius 3 is 2.20 bits per heavy atom. The largest absolute Gasteiger partial charge is 0.417 e. The summed E-state index contributed by atoms with van der Waals surface area (Å²) in [4.78, 5) is 0. The highest BCUT2D eigenvalue weighted by atomic mass is 35.5. The molecule has 0 aromatic rings. The first-order valence-corrected chi connectivity index (χ1v) is 8.86. The maximum atomic E-state index is 6.01. The molecule has 0 spiro atoms. The Bertz CT molecular complexity index is 178. The Labute approximate surface area is 100 Å². The van der Waals surface area contributed by atoms with Crippen LogP contribution in [0.1, 0.15) is 33.6 Å². The highest BCUT2D eigenvalue weighted by Crippen LogP contribution is 2.36. The first-order valence-electron chi connectivity index (χ1n) is 5.51. The number of hydrogen-bond donors (Lipinski definition) is 0. The van der Waals surface area contributed by atoms with Gasteiger partial charge in [0.25, 0.3) is 0 Å². The molecule has 0 saturated heterocycles. The van der Waals surface area contributed by atoms with Gasteiger partial charge in [0.15, 0.2) is 8.32 Å². The smallest absolute Gasteiger partial charge is 0.191 e. The molecule has 0 radical (unpaired) electrons. The van der Waals surface area contributed by atoms with Gasteiger partial charge in [-0.25, -0.2) is 0 Å². The van der Waals surface area contributed by atoms with E-state index in [1.807, 2.05) is 0 Å². The number of alkyl halides is 1. The van der Waals surface area contributed by atoms with Crippen LogP contribution in [-0.2, 0) is 9.16 Å². The predicted octanol–water partition coefficient (Wildman–Crippen LogP) is 4.00. The van der Waals surface area contributed by atoms with Gasteiger partial charge in [0, 0.05) is 13.7 Å². The lowest BCUT2D eigenvalue weighted by atomic mass is 10.2. The molecule has 0 bridgehead atoms. The average Bonchev–Trinajstić information content (AvgIpc) is 2.10. The SMILES string of the molecule is CO[C@H](Cl)CCCO[Si](C)(C)C(C)(C)C. The molecule has 4 heteroatoms. The van der Waals surface area contributed by atoms with E-state index >= 15 is 0 Å². The molecule has 1 atom stereocenters. The monoisotopic (exact) mass is 252 g/mol. The number of ether oxygens (including phenoxy) is 1. The second-order valence-corrected chi connectivity index (χ2v) is 10.7.